The van der Waals surface area contributed by atoms with Gasteiger partial charge in [0.1, 0.15) is 21.2 Å². The lowest BCUT2D eigenvalue weighted by atomic mass is 10.2. The molecule has 5 nitrogen and oxygen atoms in total. The molecule has 0 aliphatic heterocycles. The molecular formula is C9H13BrClN3O2. The molecule has 0 saturated heterocycles. The molecule has 1 rings (SSSR count). The smallest absolute Gasteiger partial charge is 0.408 e. The fourth-order valence-corrected chi connectivity index (χ4v) is 1.39. The Bertz CT molecular complexity index is 367. The lowest BCUT2D eigenvalue weighted by Gasteiger charge is -2.19. The van der Waals surface area contributed by atoms with Crippen molar-refractivity contribution < 1.29 is 9.53 Å². The fourth-order valence-electron chi connectivity index (χ4n) is 0.928. The zero-order chi connectivity index (χ0) is 12.3. The minimum absolute atomic E-state index is 0.236. The lowest BCUT2D eigenvalue weighted by Crippen LogP contribution is -2.32. The van der Waals surface area contributed by atoms with Gasteiger partial charge in [-0.25, -0.2) is 9.78 Å². The van der Waals surface area contributed by atoms with Crippen LogP contribution in [0.15, 0.2) is 4.60 Å². The van der Waals surface area contributed by atoms with E-state index in [0.29, 0.717) is 15.6 Å². The van der Waals surface area contributed by atoms with Gasteiger partial charge in [-0.2, -0.15) is 0 Å². The van der Waals surface area contributed by atoms with E-state index in [0.717, 1.165) is 0 Å². The van der Waals surface area contributed by atoms with Gasteiger partial charge < -0.3 is 15.0 Å². The number of halogens is 2. The van der Waals surface area contributed by atoms with Gasteiger partial charge in [0.15, 0.2) is 0 Å². The Hall–Kier alpha value is -0.750. The highest BCUT2D eigenvalue weighted by Gasteiger charge is 2.16. The molecule has 0 unspecified atom stereocenters. The summed E-state index contributed by atoms with van der Waals surface area (Å²) in [5.74, 6) is 0.558. The van der Waals surface area contributed by atoms with Crippen molar-refractivity contribution >= 4 is 33.6 Å². The van der Waals surface area contributed by atoms with Crippen molar-refractivity contribution in [3.05, 3.63) is 15.6 Å². The highest BCUT2D eigenvalue weighted by molar-refractivity contribution is 9.10. The molecule has 1 amide bonds. The summed E-state index contributed by atoms with van der Waals surface area (Å²) < 4.78 is 5.58. The zero-order valence-corrected chi connectivity index (χ0v) is 11.6. The third kappa shape index (κ3) is 4.40. The first kappa shape index (κ1) is 13.3. The predicted octanol–water partition coefficient (Wildman–Crippen LogP) is 2.85. The largest absolute Gasteiger partial charge is 0.444 e. The molecule has 0 bridgehead atoms. The first-order valence-electron chi connectivity index (χ1n) is 4.64. The molecule has 90 valence electrons. The number of amides is 1. The molecule has 16 heavy (non-hydrogen) atoms. The summed E-state index contributed by atoms with van der Waals surface area (Å²) in [6, 6.07) is 0. The van der Waals surface area contributed by atoms with Gasteiger partial charge in [-0.3, -0.25) is 0 Å². The summed E-state index contributed by atoms with van der Waals surface area (Å²) in [6.45, 7) is 5.63. The van der Waals surface area contributed by atoms with E-state index in [-0.39, 0.29) is 6.54 Å². The number of rotatable bonds is 2. The number of carbonyl (C=O) groups is 1. The van der Waals surface area contributed by atoms with Gasteiger partial charge in [0.25, 0.3) is 0 Å². The van der Waals surface area contributed by atoms with Gasteiger partial charge in [0.2, 0.25) is 0 Å². The highest BCUT2D eigenvalue weighted by atomic mass is 79.9. The monoisotopic (exact) mass is 309 g/mol. The van der Waals surface area contributed by atoms with E-state index in [1.165, 1.54) is 0 Å². The third-order valence-corrected chi connectivity index (χ3v) is 2.54. The second-order valence-corrected chi connectivity index (χ2v) is 5.27. The van der Waals surface area contributed by atoms with Crippen molar-refractivity contribution in [3.63, 3.8) is 0 Å². The number of ether oxygens (including phenoxy) is 1. The molecule has 7 heteroatoms. The normalized spacial score (nSPS) is 11.3. The molecule has 0 saturated carbocycles. The third-order valence-electron chi connectivity index (χ3n) is 1.47. The first-order valence-corrected chi connectivity index (χ1v) is 5.82. The van der Waals surface area contributed by atoms with Crippen molar-refractivity contribution in [2.24, 2.45) is 0 Å². The van der Waals surface area contributed by atoms with Crippen LogP contribution in [0.1, 0.15) is 26.6 Å². The van der Waals surface area contributed by atoms with Crippen LogP contribution in [-0.2, 0) is 11.3 Å². The summed E-state index contributed by atoms with van der Waals surface area (Å²) >= 11 is 8.90. The second kappa shape index (κ2) is 5.05. The van der Waals surface area contributed by atoms with Crippen molar-refractivity contribution in [2.75, 3.05) is 0 Å². The van der Waals surface area contributed by atoms with Crippen LogP contribution in [-0.4, -0.2) is 21.7 Å². The Morgan fingerprint density at radius 1 is 1.62 bits per heavy atom. The van der Waals surface area contributed by atoms with E-state index in [2.05, 4.69) is 31.2 Å². The molecular weight excluding hydrogens is 297 g/mol. The number of aromatic amines is 1. The summed E-state index contributed by atoms with van der Waals surface area (Å²) in [6.07, 6.45) is -0.490. The average Bonchev–Trinajstić information content (AvgIpc) is 2.40. The molecule has 0 atom stereocenters. The molecule has 2 N–H and O–H groups in total. The maximum atomic E-state index is 11.3. The predicted molar refractivity (Wildman–Crippen MR) is 64.4 cm³/mol. The highest BCUT2D eigenvalue weighted by Crippen LogP contribution is 2.18. The maximum absolute atomic E-state index is 11.3. The van der Waals surface area contributed by atoms with Crippen LogP contribution in [0.2, 0.25) is 5.15 Å². The first-order chi connectivity index (χ1) is 7.28. The van der Waals surface area contributed by atoms with E-state index in [9.17, 15) is 4.79 Å². The average molecular weight is 311 g/mol. The van der Waals surface area contributed by atoms with E-state index in [1.807, 2.05) is 0 Å². The maximum Gasteiger partial charge on any atom is 0.408 e. The number of H-pyrrole nitrogens is 1. The van der Waals surface area contributed by atoms with E-state index in [1.54, 1.807) is 20.8 Å². The SMILES string of the molecule is CC(C)(C)OC(=O)NCc1nc(Br)c(Cl)[nH]1. The van der Waals surface area contributed by atoms with Gasteiger partial charge in [-0.05, 0) is 36.7 Å². The minimum Gasteiger partial charge on any atom is -0.444 e. The van der Waals surface area contributed by atoms with Crippen LogP contribution in [0.5, 0.6) is 0 Å². The van der Waals surface area contributed by atoms with Gasteiger partial charge in [-0.1, -0.05) is 11.6 Å². The Kier molecular flexibility index (Phi) is 4.21. The van der Waals surface area contributed by atoms with Crippen LogP contribution in [0, 0.1) is 0 Å². The van der Waals surface area contributed by atoms with Crippen LogP contribution >= 0.6 is 27.5 Å². The standard InChI is InChI=1S/C9H13BrClN3O2/c1-9(2,3)16-8(15)12-4-5-13-6(10)7(11)14-5/h4H2,1-3H3,(H,12,15)(H,13,14). The number of hydrogen-bond acceptors (Lipinski definition) is 3. The van der Waals surface area contributed by atoms with Crippen molar-refractivity contribution in [1.82, 2.24) is 15.3 Å². The number of nitrogens with one attached hydrogen (secondary N) is 2. The summed E-state index contributed by atoms with van der Waals surface area (Å²) in [5, 5.41) is 2.97. The topological polar surface area (TPSA) is 67.0 Å². The molecule has 0 radical (unpaired) electrons. The van der Waals surface area contributed by atoms with E-state index >= 15 is 0 Å². The van der Waals surface area contributed by atoms with E-state index < -0.39 is 11.7 Å². The number of nitrogens with zero attached hydrogens (tertiary/aromatic N) is 1. The van der Waals surface area contributed by atoms with Crippen molar-refractivity contribution in [3.8, 4) is 0 Å². The van der Waals surface area contributed by atoms with Gasteiger partial charge >= 0.3 is 6.09 Å². The molecule has 1 aromatic heterocycles. The van der Waals surface area contributed by atoms with Crippen LogP contribution in [0.4, 0.5) is 4.79 Å². The number of carbonyl (C=O) groups excluding carboxylic acids is 1. The Morgan fingerprint density at radius 3 is 2.69 bits per heavy atom. The Morgan fingerprint density at radius 2 is 2.25 bits per heavy atom. The van der Waals surface area contributed by atoms with Crippen molar-refractivity contribution in [1.29, 1.82) is 0 Å². The molecule has 1 heterocycles. The summed E-state index contributed by atoms with van der Waals surface area (Å²) in [5.41, 5.74) is -0.508. The number of alkyl carbamates (subject to hydrolysis) is 1. The molecule has 0 aromatic carbocycles. The second-order valence-electron chi connectivity index (χ2n) is 4.14. The van der Waals surface area contributed by atoms with Crippen LogP contribution < -0.4 is 5.32 Å². The molecule has 0 spiro atoms. The van der Waals surface area contributed by atoms with Crippen LogP contribution in [0.25, 0.3) is 0 Å². The number of hydrogen-bond donors (Lipinski definition) is 2. The molecule has 0 aliphatic rings. The van der Waals surface area contributed by atoms with Gasteiger partial charge in [0.05, 0.1) is 6.54 Å². The molecule has 0 fully saturated rings. The lowest BCUT2D eigenvalue weighted by molar-refractivity contribution is 0.0522. The quantitative estimate of drug-likeness (QED) is 0.882. The van der Waals surface area contributed by atoms with E-state index in [4.69, 9.17) is 16.3 Å². The fraction of sp³-hybridized carbons (Fsp3) is 0.556. The summed E-state index contributed by atoms with van der Waals surface area (Å²) in [7, 11) is 0. The zero-order valence-electron chi connectivity index (χ0n) is 9.23. The Labute approximate surface area is 107 Å². The minimum atomic E-state index is -0.508. The number of aromatic nitrogens is 2. The number of imidazole rings is 1. The van der Waals surface area contributed by atoms with Crippen molar-refractivity contribution in [2.45, 2.75) is 32.9 Å². The molecule has 0 aliphatic carbocycles. The van der Waals surface area contributed by atoms with Gasteiger partial charge in [-0.15, -0.1) is 0 Å². The van der Waals surface area contributed by atoms with Gasteiger partial charge in [0, 0.05) is 0 Å². The molecule has 1 aromatic rings. The van der Waals surface area contributed by atoms with Crippen LogP contribution in [0.3, 0.4) is 0 Å². The summed E-state index contributed by atoms with van der Waals surface area (Å²) in [4.78, 5) is 18.1. The Balaban J connectivity index is 2.43.